The summed E-state index contributed by atoms with van der Waals surface area (Å²) in [5.74, 6) is -0.257. The number of carbonyl (C=O) groups excluding carboxylic acids is 2. The van der Waals surface area contributed by atoms with Crippen molar-refractivity contribution >= 4 is 17.5 Å². The lowest BCUT2D eigenvalue weighted by Crippen LogP contribution is -2.68. The molecular formula is C14H22N4O3. The van der Waals surface area contributed by atoms with E-state index in [1.54, 1.807) is 38.0 Å². The Morgan fingerprint density at radius 1 is 1.48 bits per heavy atom. The number of aromatic nitrogens is 2. The molecule has 1 aromatic rings. The molecule has 0 aromatic carbocycles. The van der Waals surface area contributed by atoms with Crippen LogP contribution < -0.4 is 10.2 Å². The number of piperazine rings is 1. The van der Waals surface area contributed by atoms with Gasteiger partial charge in [-0.3, -0.25) is 19.2 Å². The third kappa shape index (κ3) is 2.78. The lowest BCUT2D eigenvalue weighted by Gasteiger charge is -2.42. The van der Waals surface area contributed by atoms with E-state index in [-0.39, 0.29) is 11.8 Å². The van der Waals surface area contributed by atoms with Gasteiger partial charge in [-0.15, -0.1) is 0 Å². The third-order valence-corrected chi connectivity index (χ3v) is 3.99. The van der Waals surface area contributed by atoms with Crippen LogP contribution in [0.25, 0.3) is 0 Å². The molecule has 2 heterocycles. The Morgan fingerprint density at radius 2 is 2.19 bits per heavy atom. The number of rotatable bonds is 5. The fourth-order valence-electron chi connectivity index (χ4n) is 2.35. The summed E-state index contributed by atoms with van der Waals surface area (Å²) >= 11 is 0. The maximum Gasteiger partial charge on any atom is 0.253 e. The first kappa shape index (κ1) is 15.5. The Labute approximate surface area is 124 Å². The first-order valence-corrected chi connectivity index (χ1v) is 7.10. The number of hydrogen-bond donors (Lipinski definition) is 1. The van der Waals surface area contributed by atoms with E-state index < -0.39 is 11.6 Å². The van der Waals surface area contributed by atoms with E-state index in [2.05, 4.69) is 10.4 Å². The Hall–Kier alpha value is -1.89. The van der Waals surface area contributed by atoms with Crippen molar-refractivity contribution in [3.05, 3.63) is 12.4 Å². The molecule has 2 amide bonds. The van der Waals surface area contributed by atoms with Crippen molar-refractivity contribution in [2.45, 2.75) is 45.3 Å². The highest BCUT2D eigenvalue weighted by Gasteiger charge is 2.46. The van der Waals surface area contributed by atoms with Crippen LogP contribution in [0.4, 0.5) is 5.69 Å². The van der Waals surface area contributed by atoms with E-state index in [4.69, 9.17) is 4.74 Å². The van der Waals surface area contributed by atoms with Crippen LogP contribution in [0.1, 0.15) is 27.2 Å². The standard InChI is InChI=1S/C14H22N4O3/c1-5-14(3)13(20)18(10(2)12(19)16-14)11-8-15-17(9-11)6-7-21-4/h8-10H,5-7H2,1-4H3,(H,16,19). The molecule has 0 saturated carbocycles. The number of nitrogens with zero attached hydrogens (tertiary/aromatic N) is 3. The number of anilines is 1. The monoisotopic (exact) mass is 294 g/mol. The number of amides is 2. The number of methoxy groups -OCH3 is 1. The molecule has 0 radical (unpaired) electrons. The average molecular weight is 294 g/mol. The second kappa shape index (κ2) is 5.85. The van der Waals surface area contributed by atoms with Crippen LogP contribution in [-0.4, -0.2) is 46.9 Å². The number of ether oxygens (including phenoxy) is 1. The van der Waals surface area contributed by atoms with Crippen molar-refractivity contribution in [1.29, 1.82) is 0 Å². The second-order valence-electron chi connectivity index (χ2n) is 5.48. The summed E-state index contributed by atoms with van der Waals surface area (Å²) in [5, 5.41) is 7.01. The molecule has 116 valence electrons. The van der Waals surface area contributed by atoms with Gasteiger partial charge in [0.2, 0.25) is 5.91 Å². The molecule has 7 nitrogen and oxygen atoms in total. The van der Waals surface area contributed by atoms with Crippen LogP contribution in [0.2, 0.25) is 0 Å². The minimum Gasteiger partial charge on any atom is -0.383 e. The summed E-state index contributed by atoms with van der Waals surface area (Å²) in [6.07, 6.45) is 3.92. The van der Waals surface area contributed by atoms with Gasteiger partial charge in [0.05, 0.1) is 25.0 Å². The predicted octanol–water partition coefficient (Wildman–Crippen LogP) is 0.549. The molecule has 1 saturated heterocycles. The predicted molar refractivity (Wildman–Crippen MR) is 77.9 cm³/mol. The Bertz CT molecular complexity index is 542. The summed E-state index contributed by atoms with van der Waals surface area (Å²) in [6.45, 7) is 6.49. The van der Waals surface area contributed by atoms with E-state index >= 15 is 0 Å². The van der Waals surface area contributed by atoms with Gasteiger partial charge in [0, 0.05) is 13.3 Å². The largest absolute Gasteiger partial charge is 0.383 e. The lowest BCUT2D eigenvalue weighted by atomic mass is 9.92. The number of carbonyl (C=O) groups is 2. The molecule has 1 fully saturated rings. The van der Waals surface area contributed by atoms with Crippen LogP contribution in [-0.2, 0) is 20.9 Å². The van der Waals surface area contributed by atoms with E-state index in [1.165, 1.54) is 4.90 Å². The minimum absolute atomic E-state index is 0.108. The van der Waals surface area contributed by atoms with Crippen molar-refractivity contribution in [3.8, 4) is 0 Å². The van der Waals surface area contributed by atoms with Gasteiger partial charge in [-0.05, 0) is 20.3 Å². The zero-order valence-electron chi connectivity index (χ0n) is 12.9. The molecule has 2 rings (SSSR count). The van der Waals surface area contributed by atoms with Crippen LogP contribution in [0.15, 0.2) is 12.4 Å². The Balaban J connectivity index is 2.29. The fraction of sp³-hybridized carbons (Fsp3) is 0.643. The van der Waals surface area contributed by atoms with Gasteiger partial charge in [0.25, 0.3) is 5.91 Å². The topological polar surface area (TPSA) is 76.5 Å². The SMILES string of the molecule is CCC1(C)NC(=O)C(C)N(c2cnn(CCOC)c2)C1=O. The third-order valence-electron chi connectivity index (χ3n) is 3.99. The Morgan fingerprint density at radius 3 is 2.81 bits per heavy atom. The molecule has 21 heavy (non-hydrogen) atoms. The smallest absolute Gasteiger partial charge is 0.253 e. The highest BCUT2D eigenvalue weighted by Crippen LogP contribution is 2.26. The molecule has 2 atom stereocenters. The highest BCUT2D eigenvalue weighted by atomic mass is 16.5. The van der Waals surface area contributed by atoms with Crippen molar-refractivity contribution in [2.24, 2.45) is 0 Å². The highest BCUT2D eigenvalue weighted by molar-refractivity contribution is 6.10. The molecule has 1 aliphatic heterocycles. The van der Waals surface area contributed by atoms with E-state index in [0.29, 0.717) is 25.3 Å². The van der Waals surface area contributed by atoms with Gasteiger partial charge in [-0.25, -0.2) is 0 Å². The Kier molecular flexibility index (Phi) is 4.32. The molecule has 1 aliphatic rings. The van der Waals surface area contributed by atoms with Gasteiger partial charge in [0.1, 0.15) is 11.6 Å². The maximum atomic E-state index is 12.7. The molecule has 0 aliphatic carbocycles. The summed E-state index contributed by atoms with van der Waals surface area (Å²) in [7, 11) is 1.62. The van der Waals surface area contributed by atoms with Crippen molar-refractivity contribution < 1.29 is 14.3 Å². The van der Waals surface area contributed by atoms with Crippen molar-refractivity contribution in [2.75, 3.05) is 18.6 Å². The maximum absolute atomic E-state index is 12.7. The van der Waals surface area contributed by atoms with Crippen LogP contribution in [0, 0.1) is 0 Å². The first-order valence-electron chi connectivity index (χ1n) is 7.10. The van der Waals surface area contributed by atoms with Gasteiger partial charge in [-0.1, -0.05) is 6.92 Å². The fourth-order valence-corrected chi connectivity index (χ4v) is 2.35. The number of nitrogens with one attached hydrogen (secondary N) is 1. The van der Waals surface area contributed by atoms with Gasteiger partial charge >= 0.3 is 0 Å². The van der Waals surface area contributed by atoms with Gasteiger partial charge in [0.15, 0.2) is 0 Å². The molecular weight excluding hydrogens is 272 g/mol. The quantitative estimate of drug-likeness (QED) is 0.860. The van der Waals surface area contributed by atoms with Crippen molar-refractivity contribution in [1.82, 2.24) is 15.1 Å². The lowest BCUT2D eigenvalue weighted by molar-refractivity contribution is -0.137. The molecule has 0 spiro atoms. The summed E-state index contributed by atoms with van der Waals surface area (Å²) in [6, 6.07) is -0.544. The molecule has 2 unspecified atom stereocenters. The summed E-state index contributed by atoms with van der Waals surface area (Å²) < 4.78 is 6.71. The zero-order valence-corrected chi connectivity index (χ0v) is 12.9. The number of hydrogen-bond acceptors (Lipinski definition) is 4. The summed E-state index contributed by atoms with van der Waals surface area (Å²) in [5.41, 5.74) is -0.226. The molecule has 1 aromatic heterocycles. The van der Waals surface area contributed by atoms with E-state index in [0.717, 1.165) is 0 Å². The van der Waals surface area contributed by atoms with Crippen molar-refractivity contribution in [3.63, 3.8) is 0 Å². The van der Waals surface area contributed by atoms with Crippen LogP contribution in [0.5, 0.6) is 0 Å². The van der Waals surface area contributed by atoms with Crippen LogP contribution in [0.3, 0.4) is 0 Å². The molecule has 1 N–H and O–H groups in total. The average Bonchev–Trinajstić information content (AvgIpc) is 2.92. The van der Waals surface area contributed by atoms with Gasteiger partial charge in [-0.2, -0.15) is 5.10 Å². The zero-order chi connectivity index (χ0) is 15.6. The first-order chi connectivity index (χ1) is 9.92. The van der Waals surface area contributed by atoms with E-state index in [9.17, 15) is 9.59 Å². The molecule has 7 heteroatoms. The van der Waals surface area contributed by atoms with Crippen LogP contribution >= 0.6 is 0 Å². The van der Waals surface area contributed by atoms with E-state index in [1.807, 2.05) is 6.92 Å². The summed E-state index contributed by atoms with van der Waals surface area (Å²) in [4.78, 5) is 26.4. The van der Waals surface area contributed by atoms with Gasteiger partial charge < -0.3 is 10.1 Å². The normalized spacial score (nSPS) is 26.1. The second-order valence-corrected chi connectivity index (χ2v) is 5.48. The molecule has 0 bridgehead atoms. The minimum atomic E-state index is -0.863.